The zero-order chi connectivity index (χ0) is 25.7. The van der Waals surface area contributed by atoms with E-state index in [1.807, 2.05) is 32.9 Å². The molecule has 0 atom stereocenters. The summed E-state index contributed by atoms with van der Waals surface area (Å²) in [5.41, 5.74) is 2.83. The fraction of sp³-hybridized carbons (Fsp3) is 0.357. The third kappa shape index (κ3) is 5.42. The van der Waals surface area contributed by atoms with Crippen molar-refractivity contribution in [2.75, 3.05) is 32.7 Å². The SMILES string of the molecule is CCc1ccc(C#Cc2c(CC)ncnc2-c2cc(F)c(C(=O)N3CCN(CC)CC3)c(F)c2)cn1. The molecule has 1 fully saturated rings. The van der Waals surface area contributed by atoms with Gasteiger partial charge in [-0.2, -0.15) is 0 Å². The zero-order valence-electron chi connectivity index (χ0n) is 20.8. The number of benzene rings is 1. The van der Waals surface area contributed by atoms with Crippen molar-refractivity contribution in [1.82, 2.24) is 24.8 Å². The van der Waals surface area contributed by atoms with Gasteiger partial charge in [-0.3, -0.25) is 9.78 Å². The van der Waals surface area contributed by atoms with E-state index in [4.69, 9.17) is 0 Å². The first-order chi connectivity index (χ1) is 17.4. The van der Waals surface area contributed by atoms with Crippen LogP contribution in [0.15, 0.2) is 36.8 Å². The molecule has 6 nitrogen and oxygen atoms in total. The van der Waals surface area contributed by atoms with E-state index in [-0.39, 0.29) is 5.56 Å². The summed E-state index contributed by atoms with van der Waals surface area (Å²) in [5, 5.41) is 0. The van der Waals surface area contributed by atoms with Crippen LogP contribution < -0.4 is 0 Å². The minimum absolute atomic E-state index is 0.207. The predicted molar refractivity (Wildman–Crippen MR) is 134 cm³/mol. The number of likely N-dealkylation sites (N-methyl/N-ethyl adjacent to an activating group) is 1. The molecule has 36 heavy (non-hydrogen) atoms. The fourth-order valence-electron chi connectivity index (χ4n) is 4.22. The lowest BCUT2D eigenvalue weighted by molar-refractivity contribution is 0.0634. The molecule has 1 amide bonds. The molecule has 2 aromatic heterocycles. The van der Waals surface area contributed by atoms with Crippen molar-refractivity contribution >= 4 is 5.91 Å². The van der Waals surface area contributed by atoms with E-state index in [1.165, 1.54) is 11.2 Å². The summed E-state index contributed by atoms with van der Waals surface area (Å²) < 4.78 is 30.4. The Hall–Kier alpha value is -3.70. The van der Waals surface area contributed by atoms with Gasteiger partial charge in [0.25, 0.3) is 5.91 Å². The summed E-state index contributed by atoms with van der Waals surface area (Å²) in [6, 6.07) is 6.11. The van der Waals surface area contributed by atoms with E-state index in [1.54, 1.807) is 6.20 Å². The molecule has 0 N–H and O–H groups in total. The molecule has 8 heteroatoms. The van der Waals surface area contributed by atoms with Crippen LogP contribution in [0.1, 0.15) is 53.6 Å². The normalized spacial score (nSPS) is 13.9. The number of halogens is 2. The van der Waals surface area contributed by atoms with Gasteiger partial charge in [0.1, 0.15) is 23.5 Å². The van der Waals surface area contributed by atoms with Crippen LogP contribution >= 0.6 is 0 Å². The average molecular weight is 490 g/mol. The second-order valence-corrected chi connectivity index (χ2v) is 8.58. The van der Waals surface area contributed by atoms with Crippen molar-refractivity contribution in [3.05, 3.63) is 76.5 Å². The van der Waals surface area contributed by atoms with E-state index in [2.05, 4.69) is 31.7 Å². The Morgan fingerprint density at radius 3 is 2.25 bits per heavy atom. The number of piperazine rings is 1. The van der Waals surface area contributed by atoms with Gasteiger partial charge < -0.3 is 9.80 Å². The van der Waals surface area contributed by atoms with Crippen LogP contribution in [-0.4, -0.2) is 63.4 Å². The first-order valence-corrected chi connectivity index (χ1v) is 12.3. The van der Waals surface area contributed by atoms with Crippen LogP contribution in [0.25, 0.3) is 11.3 Å². The zero-order valence-corrected chi connectivity index (χ0v) is 20.8. The molecule has 0 aliphatic carbocycles. The molecule has 4 rings (SSSR count). The van der Waals surface area contributed by atoms with E-state index >= 15 is 8.78 Å². The maximum Gasteiger partial charge on any atom is 0.259 e. The molecule has 186 valence electrons. The molecule has 0 radical (unpaired) electrons. The Bertz CT molecular complexity index is 1280. The highest BCUT2D eigenvalue weighted by atomic mass is 19.1. The fourth-order valence-corrected chi connectivity index (χ4v) is 4.22. The van der Waals surface area contributed by atoms with Gasteiger partial charge >= 0.3 is 0 Å². The first kappa shape index (κ1) is 25.4. The summed E-state index contributed by atoms with van der Waals surface area (Å²) in [6.45, 7) is 9.12. The number of aryl methyl sites for hydroxylation is 2. The number of nitrogens with zero attached hydrogens (tertiary/aromatic N) is 5. The van der Waals surface area contributed by atoms with Gasteiger partial charge in [-0.05, 0) is 43.7 Å². The van der Waals surface area contributed by atoms with Gasteiger partial charge in [-0.15, -0.1) is 0 Å². The Morgan fingerprint density at radius 1 is 0.944 bits per heavy atom. The van der Waals surface area contributed by atoms with Crippen LogP contribution in [0.2, 0.25) is 0 Å². The Morgan fingerprint density at radius 2 is 1.67 bits per heavy atom. The number of hydrogen-bond acceptors (Lipinski definition) is 5. The molecule has 0 saturated carbocycles. The van der Waals surface area contributed by atoms with Crippen molar-refractivity contribution in [2.45, 2.75) is 33.6 Å². The standard InChI is InChI=1S/C28H29F2N5O/c1-4-21-9-7-19(17-31-21)8-10-22-25(5-2)32-18-33-27(22)20-15-23(29)26(24(30)16-20)28(36)35-13-11-34(6-3)12-14-35/h7,9,15-18H,4-6,11-14H2,1-3H3. The highest BCUT2D eigenvalue weighted by Crippen LogP contribution is 2.28. The molecule has 1 aliphatic heterocycles. The van der Waals surface area contributed by atoms with Crippen LogP contribution in [0.5, 0.6) is 0 Å². The van der Waals surface area contributed by atoms with Crippen molar-refractivity contribution in [2.24, 2.45) is 0 Å². The summed E-state index contributed by atoms with van der Waals surface area (Å²) >= 11 is 0. The maximum atomic E-state index is 15.2. The summed E-state index contributed by atoms with van der Waals surface area (Å²) in [4.78, 5) is 29.6. The maximum absolute atomic E-state index is 15.2. The number of carbonyl (C=O) groups is 1. The molecule has 0 spiro atoms. The highest BCUT2D eigenvalue weighted by molar-refractivity contribution is 5.95. The largest absolute Gasteiger partial charge is 0.336 e. The molecular formula is C28H29F2N5O. The first-order valence-electron chi connectivity index (χ1n) is 12.3. The molecule has 0 bridgehead atoms. The monoisotopic (exact) mass is 489 g/mol. The number of pyridine rings is 1. The van der Waals surface area contributed by atoms with Crippen molar-refractivity contribution in [3.8, 4) is 23.1 Å². The van der Waals surface area contributed by atoms with Crippen LogP contribution in [0.4, 0.5) is 8.78 Å². The molecule has 3 aromatic rings. The van der Waals surface area contributed by atoms with Gasteiger partial charge in [0.15, 0.2) is 0 Å². The molecule has 1 aliphatic rings. The Kier molecular flexibility index (Phi) is 8.01. The Labute approximate surface area is 210 Å². The average Bonchev–Trinajstić information content (AvgIpc) is 2.91. The second-order valence-electron chi connectivity index (χ2n) is 8.58. The minimum atomic E-state index is -0.914. The number of hydrogen-bond donors (Lipinski definition) is 0. The lowest BCUT2D eigenvalue weighted by atomic mass is 10.0. The van der Waals surface area contributed by atoms with Crippen molar-refractivity contribution < 1.29 is 13.6 Å². The van der Waals surface area contributed by atoms with Crippen molar-refractivity contribution in [3.63, 3.8) is 0 Å². The van der Waals surface area contributed by atoms with E-state index in [0.29, 0.717) is 55.1 Å². The number of rotatable bonds is 5. The molecular weight excluding hydrogens is 460 g/mol. The lowest BCUT2D eigenvalue weighted by Gasteiger charge is -2.34. The predicted octanol–water partition coefficient (Wildman–Crippen LogP) is 4.12. The highest BCUT2D eigenvalue weighted by Gasteiger charge is 2.27. The number of amides is 1. The number of carbonyl (C=O) groups excluding carboxylic acids is 1. The molecule has 1 aromatic carbocycles. The quantitative estimate of drug-likeness (QED) is 0.505. The molecule has 3 heterocycles. The second kappa shape index (κ2) is 11.4. The van der Waals surface area contributed by atoms with Gasteiger partial charge in [0, 0.05) is 49.2 Å². The van der Waals surface area contributed by atoms with Gasteiger partial charge in [0.05, 0.1) is 17.0 Å². The topological polar surface area (TPSA) is 62.2 Å². The molecule has 0 unspecified atom stereocenters. The van der Waals surface area contributed by atoms with Crippen LogP contribution in [0.3, 0.4) is 0 Å². The van der Waals surface area contributed by atoms with Crippen molar-refractivity contribution in [1.29, 1.82) is 0 Å². The third-order valence-electron chi connectivity index (χ3n) is 6.42. The number of aromatic nitrogens is 3. The lowest BCUT2D eigenvalue weighted by Crippen LogP contribution is -2.48. The van der Waals surface area contributed by atoms with Crippen LogP contribution in [-0.2, 0) is 12.8 Å². The molecule has 1 saturated heterocycles. The Balaban J connectivity index is 1.68. The van der Waals surface area contributed by atoms with Gasteiger partial charge in [0.2, 0.25) is 0 Å². The van der Waals surface area contributed by atoms with Gasteiger partial charge in [-0.1, -0.05) is 32.6 Å². The summed E-state index contributed by atoms with van der Waals surface area (Å²) in [7, 11) is 0. The van der Waals surface area contributed by atoms with E-state index < -0.39 is 23.1 Å². The van der Waals surface area contributed by atoms with E-state index in [0.717, 1.165) is 30.8 Å². The van der Waals surface area contributed by atoms with Gasteiger partial charge in [-0.25, -0.2) is 18.7 Å². The summed E-state index contributed by atoms with van der Waals surface area (Å²) in [5.74, 6) is 3.69. The summed E-state index contributed by atoms with van der Waals surface area (Å²) in [6.07, 6.45) is 4.45. The smallest absolute Gasteiger partial charge is 0.259 e. The van der Waals surface area contributed by atoms with Crippen LogP contribution in [0, 0.1) is 23.5 Å². The third-order valence-corrected chi connectivity index (χ3v) is 6.42. The van der Waals surface area contributed by atoms with E-state index in [9.17, 15) is 4.79 Å². The minimum Gasteiger partial charge on any atom is -0.336 e.